The predicted octanol–water partition coefficient (Wildman–Crippen LogP) is 3.01. The number of hydrogen-bond acceptors (Lipinski definition) is 4. The number of aromatic nitrogens is 3. The summed E-state index contributed by atoms with van der Waals surface area (Å²) in [5, 5.41) is 10.7. The van der Waals surface area contributed by atoms with Gasteiger partial charge in [0.25, 0.3) is 0 Å². The second kappa shape index (κ2) is 11.1. The number of nitrogens with one attached hydrogen (secondary N) is 2. The third-order valence-electron chi connectivity index (χ3n) is 4.54. The van der Waals surface area contributed by atoms with Gasteiger partial charge in [-0.25, -0.2) is 9.98 Å². The molecule has 0 unspecified atom stereocenters. The van der Waals surface area contributed by atoms with E-state index in [-0.39, 0.29) is 24.0 Å². The number of halogens is 1. The Balaban J connectivity index is 0.00000261. The van der Waals surface area contributed by atoms with E-state index < -0.39 is 0 Å². The lowest BCUT2D eigenvalue weighted by molar-refractivity contribution is 0.208. The van der Waals surface area contributed by atoms with Gasteiger partial charge in [-0.3, -0.25) is 4.68 Å². The molecule has 1 saturated carbocycles. The molecule has 2 N–H and O–H groups in total. The van der Waals surface area contributed by atoms with Gasteiger partial charge in [0.2, 0.25) is 0 Å². The molecule has 27 heavy (non-hydrogen) atoms. The molecule has 148 valence electrons. The zero-order valence-corrected chi connectivity index (χ0v) is 18.3. The molecule has 0 aliphatic heterocycles. The fraction of sp³-hybridized carbons (Fsp3) is 0.526. The lowest BCUT2D eigenvalue weighted by Gasteiger charge is -2.16. The number of ether oxygens (including phenoxy) is 1. The molecule has 7 nitrogen and oxygen atoms in total. The van der Waals surface area contributed by atoms with Crippen LogP contribution in [0.3, 0.4) is 0 Å². The Morgan fingerprint density at radius 1 is 1.26 bits per heavy atom. The van der Waals surface area contributed by atoms with E-state index in [0.717, 1.165) is 42.5 Å². The van der Waals surface area contributed by atoms with E-state index in [2.05, 4.69) is 33.7 Å². The summed E-state index contributed by atoms with van der Waals surface area (Å²) in [5.74, 6) is 2.57. The molecular formula is C19H29IN6O. The van der Waals surface area contributed by atoms with Crippen LogP contribution >= 0.6 is 24.0 Å². The van der Waals surface area contributed by atoms with Crippen molar-refractivity contribution in [2.45, 2.75) is 51.8 Å². The van der Waals surface area contributed by atoms with Gasteiger partial charge >= 0.3 is 0 Å². The summed E-state index contributed by atoms with van der Waals surface area (Å²) in [5.41, 5.74) is 1.11. The number of benzene rings is 1. The smallest absolute Gasteiger partial charge is 0.191 e. The normalized spacial score (nSPS) is 14.7. The monoisotopic (exact) mass is 484 g/mol. The van der Waals surface area contributed by atoms with Crippen molar-refractivity contribution in [1.29, 1.82) is 0 Å². The molecule has 0 amide bonds. The van der Waals surface area contributed by atoms with Crippen LogP contribution in [-0.4, -0.2) is 33.4 Å². The average molecular weight is 484 g/mol. The summed E-state index contributed by atoms with van der Waals surface area (Å²) in [6.45, 7) is 3.99. The molecule has 1 aromatic carbocycles. The van der Waals surface area contributed by atoms with Crippen LogP contribution in [0.25, 0.3) is 0 Å². The molecule has 0 atom stereocenters. The molecule has 1 fully saturated rings. The number of nitrogens with zero attached hydrogens (tertiary/aromatic N) is 4. The number of hydrogen-bond donors (Lipinski definition) is 2. The third kappa shape index (κ3) is 6.37. The summed E-state index contributed by atoms with van der Waals surface area (Å²) in [7, 11) is 1.88. The molecule has 2 aromatic rings. The van der Waals surface area contributed by atoms with Gasteiger partial charge in [0.15, 0.2) is 5.96 Å². The minimum absolute atomic E-state index is 0. The van der Waals surface area contributed by atoms with Crippen LogP contribution in [0.15, 0.2) is 35.6 Å². The molecule has 8 heteroatoms. The van der Waals surface area contributed by atoms with E-state index >= 15 is 0 Å². The summed E-state index contributed by atoms with van der Waals surface area (Å²) in [6.07, 6.45) is 6.74. The minimum Gasteiger partial charge on any atom is -0.490 e. The predicted molar refractivity (Wildman–Crippen MR) is 117 cm³/mol. The van der Waals surface area contributed by atoms with Gasteiger partial charge < -0.3 is 15.4 Å². The molecule has 0 saturated heterocycles. The molecular weight excluding hydrogens is 455 g/mol. The van der Waals surface area contributed by atoms with E-state index in [0.29, 0.717) is 19.2 Å². The summed E-state index contributed by atoms with van der Waals surface area (Å²) < 4.78 is 7.95. The lowest BCUT2D eigenvalue weighted by Crippen LogP contribution is -2.37. The van der Waals surface area contributed by atoms with Crippen molar-refractivity contribution in [2.75, 3.05) is 6.54 Å². The first kappa shape index (κ1) is 21.5. The maximum Gasteiger partial charge on any atom is 0.191 e. The Hall–Kier alpha value is -1.84. The second-order valence-electron chi connectivity index (χ2n) is 6.48. The summed E-state index contributed by atoms with van der Waals surface area (Å²) in [6, 6.07) is 8.18. The zero-order chi connectivity index (χ0) is 18.2. The topological polar surface area (TPSA) is 76.4 Å². The summed E-state index contributed by atoms with van der Waals surface area (Å²) >= 11 is 0. The van der Waals surface area contributed by atoms with Crippen LogP contribution in [-0.2, 0) is 20.1 Å². The van der Waals surface area contributed by atoms with Crippen molar-refractivity contribution in [3.63, 3.8) is 0 Å². The van der Waals surface area contributed by atoms with Crippen LogP contribution in [0.1, 0.15) is 44.0 Å². The van der Waals surface area contributed by atoms with E-state index in [1.54, 1.807) is 11.0 Å². The van der Waals surface area contributed by atoms with Crippen molar-refractivity contribution in [2.24, 2.45) is 12.0 Å². The molecule has 0 spiro atoms. The average Bonchev–Trinajstić information content (AvgIpc) is 3.30. The van der Waals surface area contributed by atoms with Gasteiger partial charge in [-0.2, -0.15) is 5.10 Å². The summed E-state index contributed by atoms with van der Waals surface area (Å²) in [4.78, 5) is 8.93. The highest BCUT2D eigenvalue weighted by Crippen LogP contribution is 2.26. The number of guanidine groups is 1. The van der Waals surface area contributed by atoms with Crippen LogP contribution in [0, 0.1) is 0 Å². The highest BCUT2D eigenvalue weighted by Gasteiger charge is 2.17. The Labute approximate surface area is 178 Å². The largest absolute Gasteiger partial charge is 0.490 e. The van der Waals surface area contributed by atoms with Crippen molar-refractivity contribution >= 4 is 29.9 Å². The Morgan fingerprint density at radius 3 is 2.74 bits per heavy atom. The number of aliphatic imine (C=N–C) groups is 1. The SMILES string of the molecule is CCNC(=NCc1ccccc1OC1CCCC1)NCc1ncnn1C.I. The van der Waals surface area contributed by atoms with Gasteiger partial charge in [0, 0.05) is 19.2 Å². The number of rotatable bonds is 7. The molecule has 1 aliphatic carbocycles. The van der Waals surface area contributed by atoms with E-state index in [4.69, 9.17) is 9.73 Å². The number of aryl methyl sites for hydroxylation is 1. The highest BCUT2D eigenvalue weighted by molar-refractivity contribution is 14.0. The van der Waals surface area contributed by atoms with Crippen molar-refractivity contribution in [1.82, 2.24) is 25.4 Å². The molecule has 3 rings (SSSR count). The number of para-hydroxylation sites is 1. The first-order valence-corrected chi connectivity index (χ1v) is 9.36. The third-order valence-corrected chi connectivity index (χ3v) is 4.54. The highest BCUT2D eigenvalue weighted by atomic mass is 127. The van der Waals surface area contributed by atoms with Gasteiger partial charge in [-0.15, -0.1) is 24.0 Å². The molecule has 1 aromatic heterocycles. The standard InChI is InChI=1S/C19H28N6O.HI/c1-3-20-19(22-13-18-23-14-24-25(18)2)21-12-15-8-4-7-11-17(15)26-16-9-5-6-10-16;/h4,7-8,11,14,16H,3,5-6,9-10,12-13H2,1-2H3,(H2,20,21,22);1H. The van der Waals surface area contributed by atoms with Gasteiger partial charge in [0.1, 0.15) is 17.9 Å². The molecule has 1 aliphatic rings. The maximum atomic E-state index is 6.20. The molecule has 0 radical (unpaired) electrons. The fourth-order valence-electron chi connectivity index (χ4n) is 3.08. The van der Waals surface area contributed by atoms with Crippen molar-refractivity contribution in [3.8, 4) is 5.75 Å². The van der Waals surface area contributed by atoms with Crippen LogP contribution < -0.4 is 15.4 Å². The van der Waals surface area contributed by atoms with Crippen LogP contribution in [0.5, 0.6) is 5.75 Å². The molecule has 0 bridgehead atoms. The van der Waals surface area contributed by atoms with E-state index in [1.165, 1.54) is 12.8 Å². The Kier molecular flexibility index (Phi) is 8.83. The Bertz CT molecular complexity index is 726. The fourth-order valence-corrected chi connectivity index (χ4v) is 3.08. The van der Waals surface area contributed by atoms with Gasteiger partial charge in [0.05, 0.1) is 19.2 Å². The zero-order valence-electron chi connectivity index (χ0n) is 16.0. The van der Waals surface area contributed by atoms with Gasteiger partial charge in [-0.1, -0.05) is 18.2 Å². The first-order valence-electron chi connectivity index (χ1n) is 9.36. The maximum absolute atomic E-state index is 6.20. The van der Waals surface area contributed by atoms with Crippen LogP contribution in [0.2, 0.25) is 0 Å². The van der Waals surface area contributed by atoms with Crippen molar-refractivity contribution in [3.05, 3.63) is 42.0 Å². The minimum atomic E-state index is 0. The quantitative estimate of drug-likeness (QED) is 0.359. The lowest BCUT2D eigenvalue weighted by atomic mass is 10.2. The van der Waals surface area contributed by atoms with E-state index in [1.807, 2.05) is 25.2 Å². The second-order valence-corrected chi connectivity index (χ2v) is 6.48. The first-order chi connectivity index (χ1) is 12.8. The van der Waals surface area contributed by atoms with E-state index in [9.17, 15) is 0 Å². The molecule has 1 heterocycles. The van der Waals surface area contributed by atoms with Crippen LogP contribution in [0.4, 0.5) is 0 Å². The van der Waals surface area contributed by atoms with Crippen molar-refractivity contribution < 1.29 is 4.74 Å². The van der Waals surface area contributed by atoms with Gasteiger partial charge in [-0.05, 0) is 38.7 Å². The Morgan fingerprint density at radius 2 is 2.04 bits per heavy atom.